The predicted molar refractivity (Wildman–Crippen MR) is 102 cm³/mol. The molecule has 7 heteroatoms. The largest absolute Gasteiger partial charge is 0.394 e. The third kappa shape index (κ3) is 2.65. The number of fused-ring (bicyclic) bond motifs is 5. The van der Waals surface area contributed by atoms with Crippen molar-refractivity contribution in [3.63, 3.8) is 0 Å². The van der Waals surface area contributed by atoms with Crippen molar-refractivity contribution in [2.24, 2.45) is 5.92 Å². The maximum absolute atomic E-state index is 13.0. The fourth-order valence-corrected chi connectivity index (χ4v) is 4.80. The lowest BCUT2D eigenvalue weighted by Crippen LogP contribution is -2.52. The Kier molecular flexibility index (Phi) is 4.05. The Morgan fingerprint density at radius 3 is 2.89 bits per heavy atom. The maximum atomic E-state index is 13.0. The van der Waals surface area contributed by atoms with Crippen LogP contribution >= 0.6 is 0 Å². The Morgan fingerprint density at radius 2 is 2.04 bits per heavy atom. The molecule has 1 N–H and O–H groups in total. The molecule has 1 amide bonds. The molecule has 7 nitrogen and oxygen atoms in total. The first-order valence-electron chi connectivity index (χ1n) is 9.59. The number of piperidine rings is 1. The number of carbonyl (C=O) groups is 1. The topological polar surface area (TPSA) is 88.6 Å². The minimum atomic E-state index is -0.288. The lowest BCUT2D eigenvalue weighted by Gasteiger charge is -2.46. The van der Waals surface area contributed by atoms with Gasteiger partial charge in [-0.3, -0.25) is 9.59 Å². The zero-order valence-electron chi connectivity index (χ0n) is 15.3. The minimum absolute atomic E-state index is 0.00262. The van der Waals surface area contributed by atoms with Crippen LogP contribution < -0.4 is 5.56 Å². The zero-order valence-corrected chi connectivity index (χ0v) is 15.3. The number of aliphatic hydroxyl groups is 1. The van der Waals surface area contributed by atoms with Crippen molar-refractivity contribution in [1.82, 2.24) is 14.6 Å². The fourth-order valence-electron chi connectivity index (χ4n) is 4.80. The summed E-state index contributed by atoms with van der Waals surface area (Å²) in [6.45, 7) is 1.01. The van der Waals surface area contributed by atoms with Crippen LogP contribution in [0.1, 0.15) is 29.8 Å². The van der Waals surface area contributed by atoms with Gasteiger partial charge >= 0.3 is 0 Å². The summed E-state index contributed by atoms with van der Waals surface area (Å²) in [5.74, 6) is 0.167. The SMILES string of the molecule is O=C(Cc1noc2ccccc12)N1C[C@H]2C[C@@H](C1)[C@H](CO)n1c2cccc1=O. The van der Waals surface area contributed by atoms with Gasteiger partial charge in [0.1, 0.15) is 5.69 Å². The van der Waals surface area contributed by atoms with E-state index in [0.29, 0.717) is 24.4 Å². The van der Waals surface area contributed by atoms with E-state index in [1.165, 1.54) is 6.07 Å². The summed E-state index contributed by atoms with van der Waals surface area (Å²) in [5, 5.41) is 14.9. The van der Waals surface area contributed by atoms with E-state index in [0.717, 1.165) is 17.5 Å². The summed E-state index contributed by atoms with van der Waals surface area (Å²) in [5.41, 5.74) is 2.15. The van der Waals surface area contributed by atoms with Crippen LogP contribution in [0.3, 0.4) is 0 Å². The highest BCUT2D eigenvalue weighted by molar-refractivity contribution is 5.86. The molecule has 2 aromatic heterocycles. The first kappa shape index (κ1) is 17.2. The molecule has 0 spiro atoms. The fraction of sp³-hybridized carbons (Fsp3) is 0.381. The molecule has 0 unspecified atom stereocenters. The molecule has 1 aromatic carbocycles. The number of hydrogen-bond acceptors (Lipinski definition) is 5. The summed E-state index contributed by atoms with van der Waals surface area (Å²) >= 11 is 0. The van der Waals surface area contributed by atoms with Crippen molar-refractivity contribution in [2.45, 2.75) is 24.8 Å². The summed E-state index contributed by atoms with van der Waals surface area (Å²) in [6.07, 6.45) is 1.06. The summed E-state index contributed by atoms with van der Waals surface area (Å²) < 4.78 is 7.04. The first-order valence-corrected chi connectivity index (χ1v) is 9.59. The highest BCUT2D eigenvalue weighted by atomic mass is 16.5. The Hall–Kier alpha value is -2.93. The molecule has 144 valence electrons. The van der Waals surface area contributed by atoms with Crippen LogP contribution in [0.5, 0.6) is 0 Å². The molecule has 5 rings (SSSR count). The van der Waals surface area contributed by atoms with Crippen LogP contribution in [0.4, 0.5) is 0 Å². The standard InChI is InChI=1S/C21H21N3O4/c25-12-18-14-8-13(17-5-3-7-20(26)24(17)18)10-23(11-14)21(27)9-16-15-4-1-2-6-19(15)28-22-16/h1-7,13-14,18,25H,8-12H2/t13-,14+,18+/m1/s1. The zero-order chi connectivity index (χ0) is 19.3. The van der Waals surface area contributed by atoms with Crippen molar-refractivity contribution in [2.75, 3.05) is 19.7 Å². The molecule has 4 heterocycles. The monoisotopic (exact) mass is 379 g/mol. The highest BCUT2D eigenvalue weighted by Gasteiger charge is 2.41. The molecular formula is C21H21N3O4. The van der Waals surface area contributed by atoms with Gasteiger partial charge in [-0.05, 0) is 24.6 Å². The molecule has 0 aliphatic carbocycles. The number of amides is 1. The second kappa shape index (κ2) is 6.60. The number of benzene rings is 1. The molecule has 2 bridgehead atoms. The number of aliphatic hydroxyl groups excluding tert-OH is 1. The minimum Gasteiger partial charge on any atom is -0.394 e. The van der Waals surface area contributed by atoms with Crippen molar-refractivity contribution in [3.05, 3.63) is 64.2 Å². The van der Waals surface area contributed by atoms with Gasteiger partial charge in [0, 0.05) is 42.1 Å². The Bertz CT molecular complexity index is 1100. The number of hydrogen-bond donors (Lipinski definition) is 1. The molecule has 0 radical (unpaired) electrons. The van der Waals surface area contributed by atoms with Crippen LogP contribution in [-0.4, -0.2) is 45.3 Å². The van der Waals surface area contributed by atoms with E-state index in [2.05, 4.69) is 5.16 Å². The van der Waals surface area contributed by atoms with Gasteiger partial charge in [-0.2, -0.15) is 0 Å². The van der Waals surface area contributed by atoms with Crippen molar-refractivity contribution in [1.29, 1.82) is 0 Å². The molecule has 1 saturated heterocycles. The van der Waals surface area contributed by atoms with Gasteiger partial charge in [0.2, 0.25) is 5.91 Å². The molecule has 2 aliphatic heterocycles. The number of para-hydroxylation sites is 1. The molecule has 3 atom stereocenters. The van der Waals surface area contributed by atoms with Crippen molar-refractivity contribution >= 4 is 16.9 Å². The van der Waals surface area contributed by atoms with E-state index in [4.69, 9.17) is 4.52 Å². The average Bonchev–Trinajstić information content (AvgIpc) is 3.12. The summed E-state index contributed by atoms with van der Waals surface area (Å²) in [6, 6.07) is 12.5. The summed E-state index contributed by atoms with van der Waals surface area (Å²) in [4.78, 5) is 27.2. The van der Waals surface area contributed by atoms with Crippen molar-refractivity contribution in [3.8, 4) is 0 Å². The smallest absolute Gasteiger partial charge is 0.251 e. The van der Waals surface area contributed by atoms with E-state index in [-0.39, 0.29) is 42.4 Å². The first-order chi connectivity index (χ1) is 13.7. The van der Waals surface area contributed by atoms with Crippen LogP contribution in [0, 0.1) is 5.92 Å². The summed E-state index contributed by atoms with van der Waals surface area (Å²) in [7, 11) is 0. The van der Waals surface area contributed by atoms with Crippen LogP contribution in [0.25, 0.3) is 11.0 Å². The van der Waals surface area contributed by atoms with Gasteiger partial charge in [-0.25, -0.2) is 0 Å². The number of rotatable bonds is 3. The second-order valence-electron chi connectivity index (χ2n) is 7.70. The number of likely N-dealkylation sites (tertiary alicyclic amines) is 1. The van der Waals surface area contributed by atoms with E-state index in [9.17, 15) is 14.7 Å². The molecule has 0 saturated carbocycles. The normalized spacial score (nSPS) is 23.6. The van der Waals surface area contributed by atoms with E-state index in [1.54, 1.807) is 10.6 Å². The lowest BCUT2D eigenvalue weighted by molar-refractivity contribution is -0.133. The Labute approximate surface area is 161 Å². The molecule has 28 heavy (non-hydrogen) atoms. The molecule has 3 aromatic rings. The number of carbonyl (C=O) groups excluding carboxylic acids is 1. The Morgan fingerprint density at radius 1 is 1.18 bits per heavy atom. The predicted octanol–water partition coefficient (Wildman–Crippen LogP) is 1.71. The molecule has 2 aliphatic rings. The van der Waals surface area contributed by atoms with Gasteiger partial charge in [0.15, 0.2) is 5.58 Å². The highest BCUT2D eigenvalue weighted by Crippen LogP contribution is 2.41. The Balaban J connectivity index is 1.43. The quantitative estimate of drug-likeness (QED) is 0.748. The number of aromatic nitrogens is 2. The van der Waals surface area contributed by atoms with Gasteiger partial charge in [0.25, 0.3) is 5.56 Å². The van der Waals surface area contributed by atoms with Gasteiger partial charge in [-0.15, -0.1) is 0 Å². The van der Waals surface area contributed by atoms with Crippen LogP contribution in [0.2, 0.25) is 0 Å². The molecular weight excluding hydrogens is 358 g/mol. The average molecular weight is 379 g/mol. The van der Waals surface area contributed by atoms with Crippen molar-refractivity contribution < 1.29 is 14.4 Å². The third-order valence-corrected chi connectivity index (χ3v) is 6.11. The van der Waals surface area contributed by atoms with E-state index in [1.807, 2.05) is 35.2 Å². The van der Waals surface area contributed by atoms with E-state index < -0.39 is 0 Å². The van der Waals surface area contributed by atoms with E-state index >= 15 is 0 Å². The van der Waals surface area contributed by atoms with Gasteiger partial charge in [-0.1, -0.05) is 23.4 Å². The number of nitrogens with zero attached hydrogens (tertiary/aromatic N) is 3. The molecule has 1 fully saturated rings. The van der Waals surface area contributed by atoms with Crippen LogP contribution in [-0.2, 0) is 11.2 Å². The van der Waals surface area contributed by atoms with Gasteiger partial charge < -0.3 is 19.1 Å². The number of pyridine rings is 1. The van der Waals surface area contributed by atoms with Gasteiger partial charge in [0.05, 0.1) is 19.1 Å². The second-order valence-corrected chi connectivity index (χ2v) is 7.70. The third-order valence-electron chi connectivity index (χ3n) is 6.11. The maximum Gasteiger partial charge on any atom is 0.251 e. The van der Waals surface area contributed by atoms with Crippen LogP contribution in [0.15, 0.2) is 51.8 Å². The lowest BCUT2D eigenvalue weighted by atomic mass is 9.78.